The van der Waals surface area contributed by atoms with Gasteiger partial charge in [-0.15, -0.1) is 12.4 Å². The van der Waals surface area contributed by atoms with E-state index in [2.05, 4.69) is 10.2 Å². The van der Waals surface area contributed by atoms with Crippen LogP contribution < -0.4 is 5.32 Å². The molecule has 0 bridgehead atoms. The third-order valence-corrected chi connectivity index (χ3v) is 6.43. The Morgan fingerprint density at radius 2 is 1.68 bits per heavy atom. The molecule has 1 amide bonds. The third-order valence-electron chi connectivity index (χ3n) is 4.51. The highest BCUT2D eigenvalue weighted by Gasteiger charge is 2.28. The van der Waals surface area contributed by atoms with Gasteiger partial charge < -0.3 is 5.32 Å². The average Bonchev–Trinajstić information content (AvgIpc) is 2.69. The lowest BCUT2D eigenvalue weighted by Gasteiger charge is -2.33. The number of piperazine rings is 1. The second-order valence-corrected chi connectivity index (χ2v) is 8.26. The number of nitrogens with zero attached hydrogens (tertiary/aromatic N) is 2. The molecular formula is C19H23ClFN3O3S. The Balaban J connectivity index is 0.00000280. The molecule has 0 aromatic heterocycles. The lowest BCUT2D eigenvalue weighted by atomic mass is 10.2. The maximum atomic E-state index is 13.2. The highest BCUT2D eigenvalue weighted by Crippen LogP contribution is 2.17. The number of carbonyl (C=O) groups excluding carboxylic acids is 1. The topological polar surface area (TPSA) is 69.7 Å². The highest BCUT2D eigenvalue weighted by atomic mass is 35.5. The summed E-state index contributed by atoms with van der Waals surface area (Å²) in [5, 5.41) is 2.76. The van der Waals surface area contributed by atoms with Crippen LogP contribution in [0.1, 0.15) is 10.4 Å². The van der Waals surface area contributed by atoms with Crippen molar-refractivity contribution in [2.24, 2.45) is 0 Å². The van der Waals surface area contributed by atoms with E-state index < -0.39 is 15.8 Å². The van der Waals surface area contributed by atoms with E-state index in [0.29, 0.717) is 44.2 Å². The second kappa shape index (κ2) is 9.97. The molecule has 0 radical (unpaired) electrons. The molecule has 0 saturated carbocycles. The zero-order valence-electron chi connectivity index (χ0n) is 15.3. The number of carbonyl (C=O) groups is 1. The minimum atomic E-state index is -3.46. The average molecular weight is 428 g/mol. The summed E-state index contributed by atoms with van der Waals surface area (Å²) in [4.78, 5) is 14.4. The summed E-state index contributed by atoms with van der Waals surface area (Å²) in [7, 11) is -3.46. The van der Waals surface area contributed by atoms with Gasteiger partial charge in [-0.3, -0.25) is 9.69 Å². The summed E-state index contributed by atoms with van der Waals surface area (Å²) < 4.78 is 39.8. The molecule has 1 fully saturated rings. The van der Waals surface area contributed by atoms with Crippen molar-refractivity contribution in [1.82, 2.24) is 14.5 Å². The standard InChI is InChI=1S/C19H22FN3O3S.ClH/c20-17-6-4-5-16(15-17)19(24)21-9-10-22-11-13-23(14-12-22)27(25,26)18-7-2-1-3-8-18;/h1-8,15H,9-14H2,(H,21,24);1H. The normalized spacial score (nSPS) is 15.6. The highest BCUT2D eigenvalue weighted by molar-refractivity contribution is 7.89. The minimum absolute atomic E-state index is 0. The van der Waals surface area contributed by atoms with Crippen LogP contribution in [0.5, 0.6) is 0 Å². The van der Waals surface area contributed by atoms with E-state index in [1.165, 1.54) is 22.5 Å². The fourth-order valence-corrected chi connectivity index (χ4v) is 4.44. The van der Waals surface area contributed by atoms with Crippen LogP contribution in [0.2, 0.25) is 0 Å². The zero-order valence-corrected chi connectivity index (χ0v) is 16.9. The first-order valence-corrected chi connectivity index (χ1v) is 10.2. The molecule has 0 aliphatic carbocycles. The van der Waals surface area contributed by atoms with Gasteiger partial charge in [-0.25, -0.2) is 12.8 Å². The molecule has 2 aromatic rings. The van der Waals surface area contributed by atoms with Crippen molar-refractivity contribution < 1.29 is 17.6 Å². The smallest absolute Gasteiger partial charge is 0.251 e. The predicted molar refractivity (Wildman–Crippen MR) is 108 cm³/mol. The van der Waals surface area contributed by atoms with Crippen molar-refractivity contribution >= 4 is 28.3 Å². The number of rotatable bonds is 6. The number of nitrogens with one attached hydrogen (secondary N) is 1. The van der Waals surface area contributed by atoms with Gasteiger partial charge in [0, 0.05) is 44.8 Å². The summed E-state index contributed by atoms with van der Waals surface area (Å²) in [6, 6.07) is 14.0. The SMILES string of the molecule is Cl.O=C(NCCN1CCN(S(=O)(=O)c2ccccc2)CC1)c1cccc(F)c1. The number of halogens is 2. The molecule has 1 heterocycles. The number of amides is 1. The molecule has 28 heavy (non-hydrogen) atoms. The Kier molecular flexibility index (Phi) is 7.94. The molecule has 6 nitrogen and oxygen atoms in total. The molecule has 3 rings (SSSR count). The van der Waals surface area contributed by atoms with Crippen molar-refractivity contribution in [3.05, 3.63) is 66.0 Å². The van der Waals surface area contributed by atoms with E-state index in [4.69, 9.17) is 0 Å². The van der Waals surface area contributed by atoms with Crippen LogP contribution in [0.15, 0.2) is 59.5 Å². The van der Waals surface area contributed by atoms with E-state index in [1.807, 2.05) is 0 Å². The summed E-state index contributed by atoms with van der Waals surface area (Å²) >= 11 is 0. The molecule has 1 aliphatic heterocycles. The Morgan fingerprint density at radius 1 is 1.00 bits per heavy atom. The van der Waals surface area contributed by atoms with Gasteiger partial charge in [0.05, 0.1) is 4.90 Å². The lowest BCUT2D eigenvalue weighted by Crippen LogP contribution is -2.50. The van der Waals surface area contributed by atoms with Gasteiger partial charge in [-0.1, -0.05) is 24.3 Å². The van der Waals surface area contributed by atoms with Crippen molar-refractivity contribution in [2.45, 2.75) is 4.90 Å². The summed E-state index contributed by atoms with van der Waals surface area (Å²) in [5.74, 6) is -0.766. The molecule has 1 saturated heterocycles. The Morgan fingerprint density at radius 3 is 2.32 bits per heavy atom. The van der Waals surface area contributed by atoms with Crippen LogP contribution in [-0.4, -0.2) is 62.8 Å². The van der Waals surface area contributed by atoms with E-state index in [0.717, 1.165) is 0 Å². The summed E-state index contributed by atoms with van der Waals surface area (Å²) in [5.41, 5.74) is 0.286. The quantitative estimate of drug-likeness (QED) is 0.765. The van der Waals surface area contributed by atoms with Gasteiger partial charge in [-0.2, -0.15) is 4.31 Å². The fraction of sp³-hybridized carbons (Fsp3) is 0.316. The van der Waals surface area contributed by atoms with Crippen LogP contribution in [0.4, 0.5) is 4.39 Å². The van der Waals surface area contributed by atoms with Crippen LogP contribution in [-0.2, 0) is 10.0 Å². The molecule has 1 aliphatic rings. The number of hydrogen-bond donors (Lipinski definition) is 1. The molecule has 0 atom stereocenters. The molecule has 9 heteroatoms. The van der Waals surface area contributed by atoms with Crippen molar-refractivity contribution in [3.8, 4) is 0 Å². The first kappa shape index (κ1) is 22.3. The van der Waals surface area contributed by atoms with Gasteiger partial charge >= 0.3 is 0 Å². The zero-order chi connectivity index (χ0) is 19.3. The van der Waals surface area contributed by atoms with Gasteiger partial charge in [0.15, 0.2) is 0 Å². The van der Waals surface area contributed by atoms with E-state index in [1.54, 1.807) is 36.4 Å². The van der Waals surface area contributed by atoms with Crippen molar-refractivity contribution in [3.63, 3.8) is 0 Å². The van der Waals surface area contributed by atoms with Gasteiger partial charge in [-0.05, 0) is 30.3 Å². The monoisotopic (exact) mass is 427 g/mol. The Bertz CT molecular complexity index is 888. The van der Waals surface area contributed by atoms with E-state index >= 15 is 0 Å². The maximum absolute atomic E-state index is 13.2. The lowest BCUT2D eigenvalue weighted by molar-refractivity contribution is 0.0944. The molecule has 152 valence electrons. The molecule has 0 unspecified atom stereocenters. The number of benzene rings is 2. The van der Waals surface area contributed by atoms with Crippen molar-refractivity contribution in [2.75, 3.05) is 39.3 Å². The van der Waals surface area contributed by atoms with Crippen LogP contribution in [0.25, 0.3) is 0 Å². The number of sulfonamides is 1. The van der Waals surface area contributed by atoms with Crippen molar-refractivity contribution in [1.29, 1.82) is 0 Å². The van der Waals surface area contributed by atoms with Crippen LogP contribution in [0, 0.1) is 5.82 Å². The molecule has 1 N–H and O–H groups in total. The van der Waals surface area contributed by atoms with Gasteiger partial charge in [0.2, 0.25) is 10.0 Å². The van der Waals surface area contributed by atoms with Gasteiger partial charge in [0.1, 0.15) is 5.82 Å². The Labute approximate surface area is 170 Å². The van der Waals surface area contributed by atoms with Gasteiger partial charge in [0.25, 0.3) is 5.91 Å². The Hall–Kier alpha value is -2.00. The van der Waals surface area contributed by atoms with Crippen LogP contribution in [0.3, 0.4) is 0 Å². The largest absolute Gasteiger partial charge is 0.351 e. The molecule has 0 spiro atoms. The first-order valence-electron chi connectivity index (χ1n) is 8.78. The van der Waals surface area contributed by atoms with E-state index in [9.17, 15) is 17.6 Å². The summed E-state index contributed by atoms with van der Waals surface area (Å²) in [6.07, 6.45) is 0. The number of hydrogen-bond acceptors (Lipinski definition) is 4. The maximum Gasteiger partial charge on any atom is 0.251 e. The molecular weight excluding hydrogens is 405 g/mol. The second-order valence-electron chi connectivity index (χ2n) is 6.33. The predicted octanol–water partition coefficient (Wildman–Crippen LogP) is 1.98. The minimum Gasteiger partial charge on any atom is -0.351 e. The third kappa shape index (κ3) is 5.51. The molecule has 2 aromatic carbocycles. The van der Waals surface area contributed by atoms with Crippen LogP contribution >= 0.6 is 12.4 Å². The first-order chi connectivity index (χ1) is 13.0. The van der Waals surface area contributed by atoms with E-state index in [-0.39, 0.29) is 23.9 Å². The fourth-order valence-electron chi connectivity index (χ4n) is 2.99. The summed E-state index contributed by atoms with van der Waals surface area (Å²) in [6.45, 7) is 3.05.